The lowest BCUT2D eigenvalue weighted by Crippen LogP contribution is -2.14. The van der Waals surface area contributed by atoms with Crippen LogP contribution in [0.3, 0.4) is 0 Å². The Bertz CT molecular complexity index is 529. The van der Waals surface area contributed by atoms with Gasteiger partial charge >= 0.3 is 6.61 Å². The number of halogens is 2. The first-order valence-corrected chi connectivity index (χ1v) is 5.80. The van der Waals surface area contributed by atoms with Gasteiger partial charge in [0.2, 0.25) is 5.89 Å². The summed E-state index contributed by atoms with van der Waals surface area (Å²) < 4.78 is 34.2. The molecule has 0 unspecified atom stereocenters. The highest BCUT2D eigenvalue weighted by molar-refractivity contribution is 5.33. The van der Waals surface area contributed by atoms with Gasteiger partial charge in [0.25, 0.3) is 0 Å². The van der Waals surface area contributed by atoms with Crippen LogP contribution in [-0.2, 0) is 13.1 Å². The number of oxazole rings is 1. The molecular weight excluding hydrogens is 254 g/mol. The highest BCUT2D eigenvalue weighted by Crippen LogP contribution is 2.20. The van der Waals surface area contributed by atoms with Crippen molar-refractivity contribution in [3.8, 4) is 5.75 Å². The van der Waals surface area contributed by atoms with Crippen molar-refractivity contribution < 1.29 is 17.9 Å². The van der Waals surface area contributed by atoms with Gasteiger partial charge in [-0.05, 0) is 13.0 Å². The molecule has 0 atom stereocenters. The molecule has 0 spiro atoms. The maximum Gasteiger partial charge on any atom is 0.387 e. The minimum absolute atomic E-state index is 0.175. The zero-order valence-corrected chi connectivity index (χ0v) is 10.4. The maximum absolute atomic E-state index is 12.2. The van der Waals surface area contributed by atoms with Gasteiger partial charge in [0.1, 0.15) is 11.5 Å². The van der Waals surface area contributed by atoms with E-state index in [4.69, 9.17) is 4.42 Å². The summed E-state index contributed by atoms with van der Waals surface area (Å²) in [4.78, 5) is 4.04. The van der Waals surface area contributed by atoms with Crippen LogP contribution in [0, 0.1) is 6.92 Å². The van der Waals surface area contributed by atoms with Crippen molar-refractivity contribution in [3.63, 3.8) is 0 Å². The Morgan fingerprint density at radius 2 is 2.11 bits per heavy atom. The highest BCUT2D eigenvalue weighted by atomic mass is 19.3. The predicted molar refractivity (Wildman–Crippen MR) is 64.9 cm³/mol. The molecule has 2 rings (SSSR count). The summed E-state index contributed by atoms with van der Waals surface area (Å²) in [5.41, 5.74) is 0.658. The van der Waals surface area contributed by atoms with Crippen molar-refractivity contribution in [1.82, 2.24) is 10.3 Å². The molecule has 1 aromatic heterocycles. The number of ether oxygens (including phenoxy) is 1. The van der Waals surface area contributed by atoms with Gasteiger partial charge in [0.15, 0.2) is 0 Å². The predicted octanol–water partition coefficient (Wildman–Crippen LogP) is 2.87. The van der Waals surface area contributed by atoms with Crippen molar-refractivity contribution in [2.75, 3.05) is 0 Å². The molecule has 0 saturated carbocycles. The summed E-state index contributed by atoms with van der Waals surface area (Å²) in [5, 5.41) is 3.06. The standard InChI is InChI=1S/C13H14F2N2O2/c1-9-6-17-12(18-9)8-16-7-10-4-2-3-5-11(10)19-13(14)15/h2-6,13,16H,7-8H2,1H3. The average Bonchev–Trinajstić information content (AvgIpc) is 2.77. The quantitative estimate of drug-likeness (QED) is 0.875. The number of aryl methyl sites for hydroxylation is 1. The first kappa shape index (κ1) is 13.5. The summed E-state index contributed by atoms with van der Waals surface area (Å²) >= 11 is 0. The fourth-order valence-corrected chi connectivity index (χ4v) is 1.65. The lowest BCUT2D eigenvalue weighted by Gasteiger charge is -2.10. The third-order valence-electron chi connectivity index (χ3n) is 2.45. The topological polar surface area (TPSA) is 47.3 Å². The summed E-state index contributed by atoms with van der Waals surface area (Å²) in [6, 6.07) is 6.66. The van der Waals surface area contributed by atoms with E-state index in [0.29, 0.717) is 24.5 Å². The molecule has 6 heteroatoms. The fraction of sp³-hybridized carbons (Fsp3) is 0.308. The second-order valence-electron chi connectivity index (χ2n) is 3.95. The van der Waals surface area contributed by atoms with E-state index in [1.807, 2.05) is 6.92 Å². The minimum Gasteiger partial charge on any atom is -0.445 e. The molecule has 0 saturated heterocycles. The zero-order valence-electron chi connectivity index (χ0n) is 10.4. The van der Waals surface area contributed by atoms with Crippen LogP contribution in [-0.4, -0.2) is 11.6 Å². The number of hydrogen-bond donors (Lipinski definition) is 1. The molecule has 2 aromatic rings. The summed E-state index contributed by atoms with van der Waals surface area (Å²) in [7, 11) is 0. The Hall–Kier alpha value is -1.95. The number of alkyl halides is 2. The first-order valence-electron chi connectivity index (χ1n) is 5.80. The van der Waals surface area contributed by atoms with Crippen molar-refractivity contribution >= 4 is 0 Å². The van der Waals surface area contributed by atoms with Gasteiger partial charge in [-0.2, -0.15) is 8.78 Å². The number of benzene rings is 1. The number of para-hydroxylation sites is 1. The Balaban J connectivity index is 1.92. The van der Waals surface area contributed by atoms with Crippen LogP contribution in [0.15, 0.2) is 34.9 Å². The molecule has 0 aliphatic rings. The van der Waals surface area contributed by atoms with Gasteiger partial charge in [0.05, 0.1) is 12.7 Å². The van der Waals surface area contributed by atoms with E-state index < -0.39 is 6.61 Å². The van der Waals surface area contributed by atoms with Crippen LogP contribution >= 0.6 is 0 Å². The van der Waals surface area contributed by atoms with Gasteiger partial charge in [-0.1, -0.05) is 18.2 Å². The number of hydrogen-bond acceptors (Lipinski definition) is 4. The van der Waals surface area contributed by atoms with E-state index in [1.54, 1.807) is 24.4 Å². The van der Waals surface area contributed by atoms with Crippen molar-refractivity contribution in [2.24, 2.45) is 0 Å². The van der Waals surface area contributed by atoms with E-state index in [9.17, 15) is 8.78 Å². The summed E-state index contributed by atoms with van der Waals surface area (Å²) in [5.74, 6) is 1.47. The molecule has 0 amide bonds. The maximum atomic E-state index is 12.2. The summed E-state index contributed by atoms with van der Waals surface area (Å²) in [6.45, 7) is -0.195. The molecule has 0 aliphatic carbocycles. The van der Waals surface area contributed by atoms with Crippen LogP contribution in [0.25, 0.3) is 0 Å². The smallest absolute Gasteiger partial charge is 0.387 e. The Kier molecular flexibility index (Phi) is 4.46. The fourth-order valence-electron chi connectivity index (χ4n) is 1.65. The van der Waals surface area contributed by atoms with Crippen molar-refractivity contribution in [3.05, 3.63) is 47.7 Å². The van der Waals surface area contributed by atoms with E-state index in [-0.39, 0.29) is 5.75 Å². The van der Waals surface area contributed by atoms with Crippen LogP contribution < -0.4 is 10.1 Å². The molecule has 1 heterocycles. The van der Waals surface area contributed by atoms with Crippen LogP contribution in [0.2, 0.25) is 0 Å². The number of rotatable bonds is 6. The number of aromatic nitrogens is 1. The Labute approximate surface area is 109 Å². The average molecular weight is 268 g/mol. The third kappa shape index (κ3) is 4.03. The highest BCUT2D eigenvalue weighted by Gasteiger charge is 2.09. The molecule has 4 nitrogen and oxygen atoms in total. The third-order valence-corrected chi connectivity index (χ3v) is 2.45. The number of nitrogens with one attached hydrogen (secondary N) is 1. The second kappa shape index (κ2) is 6.29. The van der Waals surface area contributed by atoms with Crippen LogP contribution in [0.4, 0.5) is 8.78 Å². The van der Waals surface area contributed by atoms with Crippen molar-refractivity contribution in [1.29, 1.82) is 0 Å². The molecule has 19 heavy (non-hydrogen) atoms. The lowest BCUT2D eigenvalue weighted by molar-refractivity contribution is -0.0505. The molecule has 0 radical (unpaired) electrons. The van der Waals surface area contributed by atoms with E-state index in [2.05, 4.69) is 15.0 Å². The van der Waals surface area contributed by atoms with Crippen LogP contribution in [0.1, 0.15) is 17.2 Å². The molecule has 1 N–H and O–H groups in total. The molecule has 0 fully saturated rings. The lowest BCUT2D eigenvalue weighted by atomic mass is 10.2. The van der Waals surface area contributed by atoms with Crippen LogP contribution in [0.5, 0.6) is 5.75 Å². The van der Waals surface area contributed by atoms with Gasteiger partial charge in [0, 0.05) is 12.1 Å². The monoisotopic (exact) mass is 268 g/mol. The normalized spacial score (nSPS) is 10.9. The van der Waals surface area contributed by atoms with E-state index in [0.717, 1.165) is 5.76 Å². The first-order chi connectivity index (χ1) is 9.15. The van der Waals surface area contributed by atoms with E-state index in [1.165, 1.54) is 6.07 Å². The molecule has 1 aromatic carbocycles. The van der Waals surface area contributed by atoms with Gasteiger partial charge < -0.3 is 14.5 Å². The van der Waals surface area contributed by atoms with E-state index >= 15 is 0 Å². The molecule has 0 bridgehead atoms. The summed E-state index contributed by atoms with van der Waals surface area (Å²) in [6.07, 6.45) is 1.63. The number of nitrogens with zero attached hydrogens (tertiary/aromatic N) is 1. The zero-order chi connectivity index (χ0) is 13.7. The SMILES string of the molecule is Cc1cnc(CNCc2ccccc2OC(F)F)o1. The van der Waals surface area contributed by atoms with Gasteiger partial charge in [-0.25, -0.2) is 4.98 Å². The Morgan fingerprint density at radius 3 is 2.79 bits per heavy atom. The van der Waals surface area contributed by atoms with Gasteiger partial charge in [-0.3, -0.25) is 0 Å². The minimum atomic E-state index is -2.82. The largest absolute Gasteiger partial charge is 0.445 e. The Morgan fingerprint density at radius 1 is 1.32 bits per heavy atom. The molecule has 0 aliphatic heterocycles. The molecular formula is C13H14F2N2O2. The molecule has 102 valence electrons. The van der Waals surface area contributed by atoms with Crippen molar-refractivity contribution in [2.45, 2.75) is 26.6 Å². The second-order valence-corrected chi connectivity index (χ2v) is 3.95. The van der Waals surface area contributed by atoms with Gasteiger partial charge in [-0.15, -0.1) is 0 Å².